The molecular weight excluding hydrogens is 402 g/mol. The minimum atomic E-state index is -0.550. The third-order valence-corrected chi connectivity index (χ3v) is 4.71. The Morgan fingerprint density at radius 3 is 2.86 bits per heavy atom. The first-order chi connectivity index (χ1) is 13.5. The van der Waals surface area contributed by atoms with Crippen molar-refractivity contribution < 1.29 is 19.1 Å². The van der Waals surface area contributed by atoms with E-state index in [0.29, 0.717) is 27.2 Å². The normalized spacial score (nSPS) is 10.4. The summed E-state index contributed by atoms with van der Waals surface area (Å²) in [6.07, 6.45) is 1.65. The van der Waals surface area contributed by atoms with E-state index in [1.54, 1.807) is 29.8 Å². The van der Waals surface area contributed by atoms with Crippen molar-refractivity contribution in [2.24, 2.45) is 0 Å². The summed E-state index contributed by atoms with van der Waals surface area (Å²) < 4.78 is 10.2. The molecule has 0 bridgehead atoms. The molecule has 0 atom stereocenters. The van der Waals surface area contributed by atoms with Crippen molar-refractivity contribution in [3.8, 4) is 16.5 Å². The van der Waals surface area contributed by atoms with Crippen LogP contribution in [0.1, 0.15) is 5.69 Å². The second-order valence-electron chi connectivity index (χ2n) is 5.59. The fourth-order valence-electron chi connectivity index (χ4n) is 2.30. The molecule has 0 spiro atoms. The highest BCUT2D eigenvalue weighted by Gasteiger charge is 2.14. The van der Waals surface area contributed by atoms with Crippen molar-refractivity contribution in [3.63, 3.8) is 0 Å². The highest BCUT2D eigenvalue weighted by molar-refractivity contribution is 7.13. The lowest BCUT2D eigenvalue weighted by molar-refractivity contribution is -0.146. The van der Waals surface area contributed by atoms with E-state index in [1.165, 1.54) is 18.4 Å². The number of ether oxygens (including phenoxy) is 2. The van der Waals surface area contributed by atoms with Crippen LogP contribution in [-0.4, -0.2) is 35.6 Å². The molecule has 144 valence electrons. The number of esters is 1. The summed E-state index contributed by atoms with van der Waals surface area (Å²) in [5.74, 6) is -0.596. The molecule has 2 heterocycles. The standard InChI is InChI=1S/C19H16ClN3O4S/c1-26-16-6-5-12(20)8-15(16)23-17(24)10-27-18(25)9-13-11-28-19(22-13)14-4-2-3-7-21-14/h2-8,11H,9-10H2,1H3,(H,23,24). The number of thiazole rings is 1. The molecule has 3 aromatic rings. The zero-order valence-electron chi connectivity index (χ0n) is 14.8. The minimum absolute atomic E-state index is 0.0307. The van der Waals surface area contributed by atoms with Gasteiger partial charge in [-0.2, -0.15) is 0 Å². The first-order valence-electron chi connectivity index (χ1n) is 8.20. The van der Waals surface area contributed by atoms with E-state index in [4.69, 9.17) is 21.1 Å². The van der Waals surface area contributed by atoms with Crippen LogP contribution < -0.4 is 10.1 Å². The predicted octanol–water partition coefficient (Wildman–Crippen LogP) is 3.59. The summed E-state index contributed by atoms with van der Waals surface area (Å²) in [4.78, 5) is 32.6. The van der Waals surface area contributed by atoms with Gasteiger partial charge in [-0.1, -0.05) is 17.7 Å². The Morgan fingerprint density at radius 1 is 1.25 bits per heavy atom. The molecule has 0 unspecified atom stereocenters. The Morgan fingerprint density at radius 2 is 2.11 bits per heavy atom. The van der Waals surface area contributed by atoms with Crippen LogP contribution in [0.3, 0.4) is 0 Å². The lowest BCUT2D eigenvalue weighted by atomic mass is 10.3. The van der Waals surface area contributed by atoms with E-state index in [0.717, 1.165) is 5.69 Å². The SMILES string of the molecule is COc1ccc(Cl)cc1NC(=O)COC(=O)Cc1csc(-c2ccccn2)n1. The number of nitrogens with zero attached hydrogens (tertiary/aromatic N) is 2. The molecule has 0 aliphatic rings. The van der Waals surface area contributed by atoms with Crippen molar-refractivity contribution in [1.29, 1.82) is 0 Å². The largest absolute Gasteiger partial charge is 0.495 e. The number of benzene rings is 1. The molecule has 0 aliphatic carbocycles. The van der Waals surface area contributed by atoms with Gasteiger partial charge in [-0.15, -0.1) is 11.3 Å². The van der Waals surface area contributed by atoms with Gasteiger partial charge in [0.15, 0.2) is 6.61 Å². The molecule has 7 nitrogen and oxygen atoms in total. The van der Waals surface area contributed by atoms with Crippen LogP contribution in [0, 0.1) is 0 Å². The van der Waals surface area contributed by atoms with Crippen LogP contribution >= 0.6 is 22.9 Å². The second-order valence-corrected chi connectivity index (χ2v) is 6.88. The van der Waals surface area contributed by atoms with Gasteiger partial charge < -0.3 is 14.8 Å². The summed E-state index contributed by atoms with van der Waals surface area (Å²) in [5, 5.41) is 5.53. The Hall–Kier alpha value is -2.97. The molecule has 0 saturated carbocycles. The quantitative estimate of drug-likeness (QED) is 0.591. The summed E-state index contributed by atoms with van der Waals surface area (Å²) in [6.45, 7) is -0.425. The molecule has 28 heavy (non-hydrogen) atoms. The number of pyridine rings is 1. The van der Waals surface area contributed by atoms with Crippen LogP contribution in [0.15, 0.2) is 48.0 Å². The third kappa shape index (κ3) is 5.28. The molecular formula is C19H16ClN3O4S. The molecule has 0 aliphatic heterocycles. The van der Waals surface area contributed by atoms with Gasteiger partial charge >= 0.3 is 5.97 Å². The van der Waals surface area contributed by atoms with Crippen molar-refractivity contribution in [1.82, 2.24) is 9.97 Å². The van der Waals surface area contributed by atoms with Crippen LogP contribution in [0.2, 0.25) is 5.02 Å². The summed E-state index contributed by atoms with van der Waals surface area (Å²) >= 11 is 7.31. The first kappa shape index (κ1) is 19.8. The van der Waals surface area contributed by atoms with Gasteiger partial charge in [-0.3, -0.25) is 14.6 Å². The number of halogens is 1. The number of aromatic nitrogens is 2. The lowest BCUT2D eigenvalue weighted by Gasteiger charge is -2.10. The Kier molecular flexibility index (Phi) is 6.57. The van der Waals surface area contributed by atoms with Gasteiger partial charge in [0.05, 0.1) is 30.6 Å². The molecule has 1 N–H and O–H groups in total. The van der Waals surface area contributed by atoms with Crippen LogP contribution in [-0.2, 0) is 20.7 Å². The van der Waals surface area contributed by atoms with E-state index >= 15 is 0 Å². The number of carbonyl (C=O) groups is 2. The number of hydrogen-bond donors (Lipinski definition) is 1. The Bertz CT molecular complexity index is 978. The minimum Gasteiger partial charge on any atom is -0.495 e. The van der Waals surface area contributed by atoms with Gasteiger partial charge in [0.25, 0.3) is 5.91 Å². The average Bonchev–Trinajstić information content (AvgIpc) is 3.16. The number of amides is 1. The number of rotatable bonds is 7. The molecule has 3 rings (SSSR count). The third-order valence-electron chi connectivity index (χ3n) is 3.56. The number of nitrogens with one attached hydrogen (secondary N) is 1. The fourth-order valence-corrected chi connectivity index (χ4v) is 3.27. The van der Waals surface area contributed by atoms with Gasteiger partial charge in [0, 0.05) is 16.6 Å². The maximum absolute atomic E-state index is 12.0. The highest BCUT2D eigenvalue weighted by Crippen LogP contribution is 2.27. The van der Waals surface area contributed by atoms with E-state index in [1.807, 2.05) is 18.2 Å². The first-order valence-corrected chi connectivity index (χ1v) is 9.45. The van der Waals surface area contributed by atoms with Crippen molar-refractivity contribution in [2.75, 3.05) is 19.0 Å². The molecule has 9 heteroatoms. The molecule has 0 saturated heterocycles. The monoisotopic (exact) mass is 417 g/mol. The van der Waals surface area contributed by atoms with Crippen LogP contribution in [0.25, 0.3) is 10.7 Å². The van der Waals surface area contributed by atoms with E-state index in [2.05, 4.69) is 15.3 Å². The number of anilines is 1. The molecule has 1 amide bonds. The van der Waals surface area contributed by atoms with Crippen molar-refractivity contribution >= 4 is 40.5 Å². The fraction of sp³-hybridized carbons (Fsp3) is 0.158. The van der Waals surface area contributed by atoms with E-state index in [9.17, 15) is 9.59 Å². The Balaban J connectivity index is 1.51. The average molecular weight is 418 g/mol. The van der Waals surface area contributed by atoms with Gasteiger partial charge in [-0.05, 0) is 30.3 Å². The smallest absolute Gasteiger partial charge is 0.312 e. The molecule has 0 radical (unpaired) electrons. The summed E-state index contributed by atoms with van der Waals surface area (Å²) in [6, 6.07) is 10.4. The highest BCUT2D eigenvalue weighted by atomic mass is 35.5. The van der Waals surface area contributed by atoms with Gasteiger partial charge in [0.1, 0.15) is 10.8 Å². The summed E-state index contributed by atoms with van der Waals surface area (Å²) in [5.41, 5.74) is 1.70. The van der Waals surface area contributed by atoms with Crippen LogP contribution in [0.4, 0.5) is 5.69 Å². The number of hydrogen-bond acceptors (Lipinski definition) is 7. The number of carbonyl (C=O) groups excluding carboxylic acids is 2. The summed E-state index contributed by atoms with van der Waals surface area (Å²) in [7, 11) is 1.48. The lowest BCUT2D eigenvalue weighted by Crippen LogP contribution is -2.22. The Labute approximate surface area is 170 Å². The topological polar surface area (TPSA) is 90.4 Å². The maximum Gasteiger partial charge on any atom is 0.312 e. The second kappa shape index (κ2) is 9.29. The number of methoxy groups -OCH3 is 1. The van der Waals surface area contributed by atoms with Crippen molar-refractivity contribution in [2.45, 2.75) is 6.42 Å². The zero-order valence-corrected chi connectivity index (χ0v) is 16.4. The van der Waals surface area contributed by atoms with Crippen molar-refractivity contribution in [3.05, 3.63) is 58.7 Å². The van der Waals surface area contributed by atoms with Crippen LogP contribution in [0.5, 0.6) is 5.75 Å². The zero-order chi connectivity index (χ0) is 19.9. The van der Waals surface area contributed by atoms with Gasteiger partial charge in [-0.25, -0.2) is 4.98 Å². The van der Waals surface area contributed by atoms with E-state index < -0.39 is 18.5 Å². The maximum atomic E-state index is 12.0. The molecule has 2 aromatic heterocycles. The molecule has 1 aromatic carbocycles. The molecule has 0 fully saturated rings. The predicted molar refractivity (Wildman–Crippen MR) is 107 cm³/mol. The van der Waals surface area contributed by atoms with Gasteiger partial charge in [0.2, 0.25) is 0 Å². The van der Waals surface area contributed by atoms with E-state index in [-0.39, 0.29) is 6.42 Å².